The van der Waals surface area contributed by atoms with Crippen molar-refractivity contribution in [3.63, 3.8) is 0 Å². The van der Waals surface area contributed by atoms with Gasteiger partial charge in [0.2, 0.25) is 0 Å². The fourth-order valence-corrected chi connectivity index (χ4v) is 1.96. The van der Waals surface area contributed by atoms with Gasteiger partial charge < -0.3 is 15.0 Å². The third kappa shape index (κ3) is 3.99. The molecule has 110 valence electrons. The number of amides is 1. The molecule has 21 heavy (non-hydrogen) atoms. The Morgan fingerprint density at radius 3 is 2.48 bits per heavy atom. The van der Waals surface area contributed by atoms with E-state index in [0.29, 0.717) is 17.9 Å². The second kappa shape index (κ2) is 6.79. The molecular formula is C17H20N2O2. The van der Waals surface area contributed by atoms with E-state index in [4.69, 9.17) is 4.74 Å². The number of hydrogen-bond donors (Lipinski definition) is 1. The van der Waals surface area contributed by atoms with Gasteiger partial charge >= 0.3 is 0 Å². The molecule has 2 aromatic rings. The maximum atomic E-state index is 12.1. The standard InChI is InChI=1S/C17H20N2O2/c1-19(2)15-9-7-13(8-10-15)12-18-17(20)14-5-4-6-16(11-14)21-3/h4-11H,12H2,1-3H3,(H,18,20). The van der Waals surface area contributed by atoms with Crippen LogP contribution in [0.5, 0.6) is 5.75 Å². The van der Waals surface area contributed by atoms with Crippen LogP contribution in [0.4, 0.5) is 5.69 Å². The Labute approximate surface area is 125 Å². The molecule has 4 nitrogen and oxygen atoms in total. The second-order valence-electron chi connectivity index (χ2n) is 4.98. The Morgan fingerprint density at radius 2 is 1.86 bits per heavy atom. The largest absolute Gasteiger partial charge is 0.497 e. The van der Waals surface area contributed by atoms with E-state index in [1.165, 1.54) is 0 Å². The van der Waals surface area contributed by atoms with Crippen molar-refractivity contribution in [3.05, 3.63) is 59.7 Å². The van der Waals surface area contributed by atoms with Crippen LogP contribution in [0.2, 0.25) is 0 Å². The number of nitrogens with one attached hydrogen (secondary N) is 1. The Bertz CT molecular complexity index is 606. The zero-order chi connectivity index (χ0) is 15.2. The highest BCUT2D eigenvalue weighted by molar-refractivity contribution is 5.94. The number of anilines is 1. The van der Waals surface area contributed by atoms with E-state index in [1.54, 1.807) is 25.3 Å². The Balaban J connectivity index is 1.97. The first kappa shape index (κ1) is 14.9. The highest BCUT2D eigenvalue weighted by atomic mass is 16.5. The minimum absolute atomic E-state index is 0.106. The van der Waals surface area contributed by atoms with E-state index >= 15 is 0 Å². The molecular weight excluding hydrogens is 264 g/mol. The van der Waals surface area contributed by atoms with E-state index in [-0.39, 0.29) is 5.91 Å². The molecule has 0 aliphatic carbocycles. The van der Waals surface area contributed by atoms with Crippen LogP contribution in [-0.2, 0) is 6.54 Å². The van der Waals surface area contributed by atoms with Gasteiger partial charge in [-0.1, -0.05) is 18.2 Å². The van der Waals surface area contributed by atoms with E-state index in [9.17, 15) is 4.79 Å². The van der Waals surface area contributed by atoms with Crippen LogP contribution in [0.25, 0.3) is 0 Å². The number of carbonyl (C=O) groups excluding carboxylic acids is 1. The van der Waals surface area contributed by atoms with Crippen molar-refractivity contribution in [2.45, 2.75) is 6.54 Å². The summed E-state index contributed by atoms with van der Waals surface area (Å²) >= 11 is 0. The minimum Gasteiger partial charge on any atom is -0.497 e. The lowest BCUT2D eigenvalue weighted by atomic mass is 10.1. The average Bonchev–Trinajstić information content (AvgIpc) is 2.53. The number of methoxy groups -OCH3 is 1. The lowest BCUT2D eigenvalue weighted by molar-refractivity contribution is 0.0950. The molecule has 0 heterocycles. The summed E-state index contributed by atoms with van der Waals surface area (Å²) in [6.07, 6.45) is 0. The molecule has 0 unspecified atom stereocenters. The lowest BCUT2D eigenvalue weighted by Crippen LogP contribution is -2.22. The smallest absolute Gasteiger partial charge is 0.251 e. The van der Waals surface area contributed by atoms with Crippen LogP contribution in [0.3, 0.4) is 0 Å². The summed E-state index contributed by atoms with van der Waals surface area (Å²) < 4.78 is 5.12. The Morgan fingerprint density at radius 1 is 1.14 bits per heavy atom. The summed E-state index contributed by atoms with van der Waals surface area (Å²) in [6, 6.07) is 15.2. The molecule has 2 aromatic carbocycles. The SMILES string of the molecule is COc1cccc(C(=O)NCc2ccc(N(C)C)cc2)c1. The monoisotopic (exact) mass is 284 g/mol. The lowest BCUT2D eigenvalue weighted by Gasteiger charge is -2.13. The second-order valence-corrected chi connectivity index (χ2v) is 4.98. The van der Waals surface area contributed by atoms with Crippen LogP contribution < -0.4 is 15.0 Å². The molecule has 4 heteroatoms. The molecule has 0 atom stereocenters. The van der Waals surface area contributed by atoms with E-state index in [1.807, 2.05) is 49.3 Å². The molecule has 1 amide bonds. The van der Waals surface area contributed by atoms with Crippen molar-refractivity contribution >= 4 is 11.6 Å². The van der Waals surface area contributed by atoms with Gasteiger partial charge in [-0.05, 0) is 35.9 Å². The number of benzene rings is 2. The average molecular weight is 284 g/mol. The summed E-state index contributed by atoms with van der Waals surface area (Å²) in [4.78, 5) is 14.1. The van der Waals surface area contributed by atoms with Gasteiger partial charge in [-0.3, -0.25) is 4.79 Å². The molecule has 0 aliphatic rings. The first-order chi connectivity index (χ1) is 10.1. The van der Waals surface area contributed by atoms with Crippen molar-refractivity contribution in [2.24, 2.45) is 0 Å². The predicted octanol–water partition coefficient (Wildman–Crippen LogP) is 2.69. The maximum absolute atomic E-state index is 12.1. The summed E-state index contributed by atoms with van der Waals surface area (Å²) in [5.41, 5.74) is 2.80. The van der Waals surface area contributed by atoms with Crippen molar-refractivity contribution in [3.8, 4) is 5.75 Å². The Kier molecular flexibility index (Phi) is 4.82. The quantitative estimate of drug-likeness (QED) is 0.918. The van der Waals surface area contributed by atoms with Gasteiger partial charge in [-0.25, -0.2) is 0 Å². The van der Waals surface area contributed by atoms with Gasteiger partial charge in [0.05, 0.1) is 7.11 Å². The highest BCUT2D eigenvalue weighted by Crippen LogP contribution is 2.14. The van der Waals surface area contributed by atoms with E-state index in [2.05, 4.69) is 5.32 Å². The van der Waals surface area contributed by atoms with Gasteiger partial charge in [-0.2, -0.15) is 0 Å². The highest BCUT2D eigenvalue weighted by Gasteiger charge is 2.06. The third-order valence-corrected chi connectivity index (χ3v) is 3.24. The molecule has 0 aromatic heterocycles. The molecule has 2 rings (SSSR count). The van der Waals surface area contributed by atoms with Gasteiger partial charge in [-0.15, -0.1) is 0 Å². The fraction of sp³-hybridized carbons (Fsp3) is 0.235. The molecule has 0 bridgehead atoms. The van der Waals surface area contributed by atoms with Crippen molar-refractivity contribution in [2.75, 3.05) is 26.1 Å². The molecule has 0 aliphatic heterocycles. The normalized spacial score (nSPS) is 10.0. The number of carbonyl (C=O) groups is 1. The van der Waals surface area contributed by atoms with Crippen molar-refractivity contribution in [1.82, 2.24) is 5.32 Å². The number of rotatable bonds is 5. The molecule has 0 saturated heterocycles. The molecule has 0 saturated carbocycles. The maximum Gasteiger partial charge on any atom is 0.251 e. The molecule has 0 fully saturated rings. The first-order valence-electron chi connectivity index (χ1n) is 6.78. The van der Waals surface area contributed by atoms with Crippen LogP contribution in [0.1, 0.15) is 15.9 Å². The van der Waals surface area contributed by atoms with Gasteiger partial charge in [0, 0.05) is 31.9 Å². The van der Waals surface area contributed by atoms with Crippen LogP contribution in [-0.4, -0.2) is 27.1 Å². The summed E-state index contributed by atoms with van der Waals surface area (Å²) in [7, 11) is 5.59. The van der Waals surface area contributed by atoms with Crippen LogP contribution in [0, 0.1) is 0 Å². The third-order valence-electron chi connectivity index (χ3n) is 3.24. The number of ether oxygens (including phenoxy) is 1. The van der Waals surface area contributed by atoms with E-state index < -0.39 is 0 Å². The predicted molar refractivity (Wildman–Crippen MR) is 84.9 cm³/mol. The summed E-state index contributed by atoms with van der Waals surface area (Å²) in [5, 5.41) is 2.91. The molecule has 0 spiro atoms. The molecule has 1 N–H and O–H groups in total. The van der Waals surface area contributed by atoms with Crippen molar-refractivity contribution in [1.29, 1.82) is 0 Å². The molecule has 0 radical (unpaired) electrons. The van der Waals surface area contributed by atoms with Gasteiger partial charge in [0.15, 0.2) is 0 Å². The number of nitrogens with zero attached hydrogens (tertiary/aromatic N) is 1. The summed E-state index contributed by atoms with van der Waals surface area (Å²) in [5.74, 6) is 0.573. The zero-order valence-corrected chi connectivity index (χ0v) is 12.6. The topological polar surface area (TPSA) is 41.6 Å². The summed E-state index contributed by atoms with van der Waals surface area (Å²) in [6.45, 7) is 0.504. The zero-order valence-electron chi connectivity index (χ0n) is 12.6. The minimum atomic E-state index is -0.106. The van der Waals surface area contributed by atoms with Crippen LogP contribution >= 0.6 is 0 Å². The van der Waals surface area contributed by atoms with Gasteiger partial charge in [0.25, 0.3) is 5.91 Å². The van der Waals surface area contributed by atoms with Crippen LogP contribution in [0.15, 0.2) is 48.5 Å². The fourth-order valence-electron chi connectivity index (χ4n) is 1.96. The number of hydrogen-bond acceptors (Lipinski definition) is 3. The Hall–Kier alpha value is -2.49. The van der Waals surface area contributed by atoms with Crippen molar-refractivity contribution < 1.29 is 9.53 Å². The van der Waals surface area contributed by atoms with E-state index in [0.717, 1.165) is 11.3 Å². The first-order valence-corrected chi connectivity index (χ1v) is 6.78. The van der Waals surface area contributed by atoms with Gasteiger partial charge in [0.1, 0.15) is 5.75 Å².